The summed E-state index contributed by atoms with van der Waals surface area (Å²) >= 11 is 0. The number of nitrogens with one attached hydrogen (secondary N) is 1. The Morgan fingerprint density at radius 1 is 1.61 bits per heavy atom. The van der Waals surface area contributed by atoms with E-state index in [4.69, 9.17) is 5.26 Å². The predicted molar refractivity (Wildman–Crippen MR) is 69.1 cm³/mol. The normalized spacial score (nSPS) is 12.0. The summed E-state index contributed by atoms with van der Waals surface area (Å²) in [6.07, 6.45) is 3.71. The van der Waals surface area contributed by atoms with E-state index in [9.17, 15) is 4.79 Å². The molecule has 0 saturated carbocycles. The lowest BCUT2D eigenvalue weighted by Crippen LogP contribution is -2.37. The lowest BCUT2D eigenvalue weighted by atomic mass is 10.2. The number of nitrogens with zero attached hydrogens (tertiary/aromatic N) is 4. The van der Waals surface area contributed by atoms with Crippen LogP contribution in [0.25, 0.3) is 0 Å². The Labute approximate surface area is 107 Å². The first-order valence-corrected chi connectivity index (χ1v) is 5.90. The Balaban J connectivity index is 2.61. The van der Waals surface area contributed by atoms with Crippen LogP contribution in [0.4, 0.5) is 10.5 Å². The van der Waals surface area contributed by atoms with Crippen LogP contribution in [0.5, 0.6) is 0 Å². The number of hydrogen-bond donors (Lipinski definition) is 1. The fourth-order valence-corrected chi connectivity index (χ4v) is 1.37. The highest BCUT2D eigenvalue weighted by molar-refractivity contribution is 5.89. The number of rotatable bonds is 4. The van der Waals surface area contributed by atoms with E-state index in [2.05, 4.69) is 10.4 Å². The van der Waals surface area contributed by atoms with Crippen molar-refractivity contribution in [1.82, 2.24) is 14.7 Å². The molecule has 0 saturated heterocycles. The smallest absolute Gasteiger partial charge is 0.321 e. The highest BCUT2D eigenvalue weighted by Gasteiger charge is 2.16. The van der Waals surface area contributed by atoms with Crippen molar-refractivity contribution < 1.29 is 4.79 Å². The quantitative estimate of drug-likeness (QED) is 0.889. The van der Waals surface area contributed by atoms with Gasteiger partial charge in [-0.05, 0) is 20.8 Å². The maximum atomic E-state index is 11.9. The molecule has 6 nitrogen and oxygen atoms in total. The van der Waals surface area contributed by atoms with E-state index >= 15 is 0 Å². The molecule has 0 spiro atoms. The number of nitriles is 1. The van der Waals surface area contributed by atoms with Crippen LogP contribution < -0.4 is 5.32 Å². The maximum Gasteiger partial charge on any atom is 0.321 e. The highest BCUT2D eigenvalue weighted by Crippen LogP contribution is 2.11. The lowest BCUT2D eigenvalue weighted by Gasteiger charge is -2.22. The van der Waals surface area contributed by atoms with Crippen molar-refractivity contribution >= 4 is 11.7 Å². The van der Waals surface area contributed by atoms with Crippen LogP contribution in [-0.2, 0) is 0 Å². The van der Waals surface area contributed by atoms with E-state index in [0.717, 1.165) is 0 Å². The molecule has 1 N–H and O–H groups in total. The van der Waals surface area contributed by atoms with Crippen LogP contribution in [0.2, 0.25) is 0 Å². The average Bonchev–Trinajstić information content (AvgIpc) is 2.77. The summed E-state index contributed by atoms with van der Waals surface area (Å²) in [5.41, 5.74) is 0.657. The minimum atomic E-state index is -0.235. The van der Waals surface area contributed by atoms with E-state index in [-0.39, 0.29) is 18.1 Å². The summed E-state index contributed by atoms with van der Waals surface area (Å²) in [4.78, 5) is 13.4. The topological polar surface area (TPSA) is 74.0 Å². The number of hydrogen-bond acceptors (Lipinski definition) is 3. The second-order valence-corrected chi connectivity index (χ2v) is 4.56. The zero-order valence-corrected chi connectivity index (χ0v) is 11.2. The van der Waals surface area contributed by atoms with Crippen LogP contribution in [0.15, 0.2) is 12.4 Å². The van der Waals surface area contributed by atoms with Gasteiger partial charge in [-0.15, -0.1) is 0 Å². The lowest BCUT2D eigenvalue weighted by molar-refractivity contribution is 0.208. The zero-order valence-electron chi connectivity index (χ0n) is 11.2. The van der Waals surface area contributed by atoms with E-state index in [1.165, 1.54) is 4.90 Å². The van der Waals surface area contributed by atoms with Gasteiger partial charge in [0.1, 0.15) is 0 Å². The molecule has 98 valence electrons. The first-order chi connectivity index (χ1) is 8.45. The number of carbonyl (C=O) groups is 1. The molecule has 0 aliphatic rings. The van der Waals surface area contributed by atoms with Gasteiger partial charge in [0.25, 0.3) is 0 Å². The van der Waals surface area contributed by atoms with E-state index in [1.807, 2.05) is 26.8 Å². The summed E-state index contributed by atoms with van der Waals surface area (Å²) in [5.74, 6) is 0. The number of amides is 2. The molecule has 1 rings (SSSR count). The van der Waals surface area contributed by atoms with Crippen LogP contribution >= 0.6 is 0 Å². The third-order valence-electron chi connectivity index (χ3n) is 2.75. The van der Waals surface area contributed by atoms with Crippen molar-refractivity contribution in [2.75, 3.05) is 12.4 Å². The zero-order chi connectivity index (χ0) is 13.7. The maximum absolute atomic E-state index is 11.9. The van der Waals surface area contributed by atoms with Gasteiger partial charge in [0.05, 0.1) is 24.4 Å². The standard InChI is InChI=1S/C12H19N5O/c1-9(2)17-8-11(7-14-17)15-12(18)16(4)10(3)5-6-13/h7-10H,5H2,1-4H3,(H,15,18). The Kier molecular flexibility index (Phi) is 4.72. The molecule has 0 aliphatic heterocycles. The summed E-state index contributed by atoms with van der Waals surface area (Å²) in [7, 11) is 1.67. The van der Waals surface area contributed by atoms with Gasteiger partial charge in [-0.1, -0.05) is 0 Å². The van der Waals surface area contributed by atoms with E-state index < -0.39 is 0 Å². The van der Waals surface area contributed by atoms with Crippen LogP contribution in [0, 0.1) is 11.3 Å². The molecule has 0 bridgehead atoms. The molecule has 1 heterocycles. The Hall–Kier alpha value is -2.03. The van der Waals surface area contributed by atoms with Crippen LogP contribution in [0.3, 0.4) is 0 Å². The van der Waals surface area contributed by atoms with Gasteiger partial charge in [-0.25, -0.2) is 4.79 Å². The molecule has 0 radical (unpaired) electrons. The average molecular weight is 249 g/mol. The van der Waals surface area contributed by atoms with Crippen LogP contribution in [0.1, 0.15) is 33.2 Å². The summed E-state index contributed by atoms with van der Waals surface area (Å²) in [5, 5.41) is 15.5. The SMILES string of the molecule is CC(CC#N)N(C)C(=O)Nc1cnn(C(C)C)c1. The van der Waals surface area contributed by atoms with Crippen molar-refractivity contribution in [1.29, 1.82) is 5.26 Å². The highest BCUT2D eigenvalue weighted by atomic mass is 16.2. The molecule has 6 heteroatoms. The molecule has 1 aromatic heterocycles. The van der Waals surface area contributed by atoms with Gasteiger partial charge >= 0.3 is 6.03 Å². The Bertz CT molecular complexity index is 446. The summed E-state index contributed by atoms with van der Waals surface area (Å²) in [6.45, 7) is 5.86. The van der Waals surface area contributed by atoms with Gasteiger partial charge in [-0.2, -0.15) is 10.4 Å². The third-order valence-corrected chi connectivity index (χ3v) is 2.75. The fraction of sp³-hybridized carbons (Fsp3) is 0.583. The van der Waals surface area contributed by atoms with Crippen molar-refractivity contribution in [3.63, 3.8) is 0 Å². The second kappa shape index (κ2) is 6.05. The minimum absolute atomic E-state index is 0.116. The summed E-state index contributed by atoms with van der Waals surface area (Å²) < 4.78 is 1.77. The molecule has 1 atom stereocenters. The van der Waals surface area contributed by atoms with Crippen molar-refractivity contribution in [2.45, 2.75) is 39.3 Å². The van der Waals surface area contributed by atoms with Crippen molar-refractivity contribution in [2.24, 2.45) is 0 Å². The molecule has 1 aromatic rings. The first-order valence-electron chi connectivity index (χ1n) is 5.90. The first kappa shape index (κ1) is 14.0. The molecular weight excluding hydrogens is 230 g/mol. The monoisotopic (exact) mass is 249 g/mol. The molecule has 0 fully saturated rings. The summed E-state index contributed by atoms with van der Waals surface area (Å²) in [6, 6.07) is 1.95. The Morgan fingerprint density at radius 2 is 2.28 bits per heavy atom. The Morgan fingerprint density at radius 3 is 2.78 bits per heavy atom. The fourth-order valence-electron chi connectivity index (χ4n) is 1.37. The number of carbonyl (C=O) groups excluding carboxylic acids is 1. The number of urea groups is 1. The predicted octanol–water partition coefficient (Wildman–Crippen LogP) is 2.23. The van der Waals surface area contributed by atoms with Gasteiger partial charge in [0, 0.05) is 25.3 Å². The minimum Gasteiger partial charge on any atom is -0.324 e. The van der Waals surface area contributed by atoms with Gasteiger partial charge in [0.15, 0.2) is 0 Å². The second-order valence-electron chi connectivity index (χ2n) is 4.56. The largest absolute Gasteiger partial charge is 0.324 e. The number of aromatic nitrogens is 2. The third kappa shape index (κ3) is 3.48. The van der Waals surface area contributed by atoms with Crippen LogP contribution in [-0.4, -0.2) is 33.8 Å². The molecule has 0 aliphatic carbocycles. The molecule has 2 amide bonds. The van der Waals surface area contributed by atoms with Crippen molar-refractivity contribution in [3.05, 3.63) is 12.4 Å². The molecular formula is C12H19N5O. The molecule has 0 aromatic carbocycles. The van der Waals surface area contributed by atoms with Gasteiger partial charge in [0.2, 0.25) is 0 Å². The van der Waals surface area contributed by atoms with Gasteiger partial charge < -0.3 is 10.2 Å². The van der Waals surface area contributed by atoms with E-state index in [1.54, 1.807) is 24.1 Å². The molecule has 1 unspecified atom stereocenters. The van der Waals surface area contributed by atoms with Gasteiger partial charge in [-0.3, -0.25) is 4.68 Å². The van der Waals surface area contributed by atoms with E-state index in [0.29, 0.717) is 12.1 Å². The number of anilines is 1. The molecule has 18 heavy (non-hydrogen) atoms. The van der Waals surface area contributed by atoms with Crippen molar-refractivity contribution in [3.8, 4) is 6.07 Å².